The van der Waals surface area contributed by atoms with Crippen LogP contribution in [0.1, 0.15) is 21.5 Å². The number of ether oxygens (including phenoxy) is 2. The molecule has 0 bridgehead atoms. The minimum atomic E-state index is -0.332. The van der Waals surface area contributed by atoms with Crippen LogP contribution in [-0.2, 0) is 0 Å². The molecule has 0 aliphatic rings. The van der Waals surface area contributed by atoms with Crippen molar-refractivity contribution < 1.29 is 18.7 Å². The number of hydrogen-bond donors (Lipinski definition) is 1. The SMILES string of the molecule is COc1cccc(OC)c1C(=O)Nc1ccc2oc(-c3ccc(C)cc3C)nc2c1. The number of anilines is 1. The van der Waals surface area contributed by atoms with Gasteiger partial charge in [0.15, 0.2) is 5.58 Å². The summed E-state index contributed by atoms with van der Waals surface area (Å²) in [4.78, 5) is 17.5. The van der Waals surface area contributed by atoms with Crippen molar-refractivity contribution in [1.82, 2.24) is 4.98 Å². The number of carbonyl (C=O) groups excluding carboxylic acids is 1. The standard InChI is InChI=1S/C24H22N2O4/c1-14-8-10-17(15(2)12-14)24-26-18-13-16(9-11-19(18)30-24)25-23(27)22-20(28-3)6-5-7-21(22)29-4/h5-13H,1-4H3,(H,25,27). The Morgan fingerprint density at radius 1 is 0.967 bits per heavy atom. The van der Waals surface area contributed by atoms with E-state index < -0.39 is 0 Å². The lowest BCUT2D eigenvalue weighted by Gasteiger charge is -2.12. The Labute approximate surface area is 174 Å². The Morgan fingerprint density at radius 2 is 1.70 bits per heavy atom. The van der Waals surface area contributed by atoms with Gasteiger partial charge in [0.1, 0.15) is 22.6 Å². The first-order valence-electron chi connectivity index (χ1n) is 9.50. The third-order valence-electron chi connectivity index (χ3n) is 4.91. The summed E-state index contributed by atoms with van der Waals surface area (Å²) in [7, 11) is 3.03. The first kappa shape index (κ1) is 19.5. The van der Waals surface area contributed by atoms with Crippen molar-refractivity contribution in [1.29, 1.82) is 0 Å². The van der Waals surface area contributed by atoms with Crippen LogP contribution in [-0.4, -0.2) is 25.1 Å². The van der Waals surface area contributed by atoms with E-state index in [-0.39, 0.29) is 5.91 Å². The van der Waals surface area contributed by atoms with Gasteiger partial charge in [-0.2, -0.15) is 0 Å². The predicted molar refractivity (Wildman–Crippen MR) is 116 cm³/mol. The van der Waals surface area contributed by atoms with Gasteiger partial charge in [0, 0.05) is 11.3 Å². The van der Waals surface area contributed by atoms with E-state index in [4.69, 9.17) is 13.9 Å². The van der Waals surface area contributed by atoms with Crippen LogP contribution in [0.15, 0.2) is 59.0 Å². The van der Waals surface area contributed by atoms with Gasteiger partial charge in [-0.1, -0.05) is 23.8 Å². The maximum Gasteiger partial charge on any atom is 0.263 e. The molecule has 6 heteroatoms. The van der Waals surface area contributed by atoms with Crippen LogP contribution in [0.25, 0.3) is 22.6 Å². The van der Waals surface area contributed by atoms with Crippen molar-refractivity contribution >= 4 is 22.7 Å². The maximum atomic E-state index is 12.9. The molecule has 0 fully saturated rings. The average molecular weight is 402 g/mol. The van der Waals surface area contributed by atoms with E-state index >= 15 is 0 Å². The van der Waals surface area contributed by atoms with Crippen molar-refractivity contribution in [2.75, 3.05) is 19.5 Å². The largest absolute Gasteiger partial charge is 0.496 e. The molecule has 1 N–H and O–H groups in total. The second kappa shape index (κ2) is 7.91. The molecule has 0 spiro atoms. The zero-order valence-electron chi connectivity index (χ0n) is 17.3. The van der Waals surface area contributed by atoms with E-state index in [1.165, 1.54) is 19.8 Å². The van der Waals surface area contributed by atoms with Gasteiger partial charge in [0.25, 0.3) is 5.91 Å². The minimum Gasteiger partial charge on any atom is -0.496 e. The normalized spacial score (nSPS) is 10.8. The first-order chi connectivity index (χ1) is 14.5. The molecule has 6 nitrogen and oxygen atoms in total. The van der Waals surface area contributed by atoms with Gasteiger partial charge in [0.2, 0.25) is 5.89 Å². The zero-order valence-corrected chi connectivity index (χ0v) is 17.3. The molecule has 0 atom stereocenters. The van der Waals surface area contributed by atoms with Crippen LogP contribution in [0.3, 0.4) is 0 Å². The van der Waals surface area contributed by atoms with Gasteiger partial charge in [-0.05, 0) is 55.8 Å². The van der Waals surface area contributed by atoms with E-state index in [0.29, 0.717) is 39.7 Å². The molecule has 1 aromatic heterocycles. The number of fused-ring (bicyclic) bond motifs is 1. The van der Waals surface area contributed by atoms with Gasteiger partial charge in [-0.25, -0.2) is 4.98 Å². The molecule has 0 saturated carbocycles. The Balaban J connectivity index is 1.66. The number of aryl methyl sites for hydroxylation is 2. The minimum absolute atomic E-state index is 0.332. The fourth-order valence-corrected chi connectivity index (χ4v) is 3.44. The number of oxazole rings is 1. The molecule has 0 radical (unpaired) electrons. The number of carbonyl (C=O) groups is 1. The number of aromatic nitrogens is 1. The number of amides is 1. The molecular weight excluding hydrogens is 380 g/mol. The molecule has 30 heavy (non-hydrogen) atoms. The Morgan fingerprint density at radius 3 is 2.37 bits per heavy atom. The van der Waals surface area contributed by atoms with Gasteiger partial charge in [-0.15, -0.1) is 0 Å². The second-order valence-electron chi connectivity index (χ2n) is 7.01. The number of hydrogen-bond acceptors (Lipinski definition) is 5. The summed E-state index contributed by atoms with van der Waals surface area (Å²) in [5.74, 6) is 1.09. The Hall–Kier alpha value is -3.80. The third kappa shape index (κ3) is 3.59. The third-order valence-corrected chi connectivity index (χ3v) is 4.91. The van der Waals surface area contributed by atoms with Gasteiger partial charge < -0.3 is 19.2 Å². The average Bonchev–Trinajstić information content (AvgIpc) is 3.15. The smallest absolute Gasteiger partial charge is 0.263 e. The van der Waals surface area contributed by atoms with Gasteiger partial charge in [-0.3, -0.25) is 4.79 Å². The van der Waals surface area contributed by atoms with Crippen LogP contribution >= 0.6 is 0 Å². The number of benzene rings is 3. The molecule has 0 unspecified atom stereocenters. The summed E-state index contributed by atoms with van der Waals surface area (Å²) in [6, 6.07) is 16.7. The molecule has 4 aromatic rings. The van der Waals surface area contributed by atoms with E-state index in [2.05, 4.69) is 23.3 Å². The quantitative estimate of drug-likeness (QED) is 0.485. The summed E-state index contributed by atoms with van der Waals surface area (Å²) in [6.07, 6.45) is 0. The topological polar surface area (TPSA) is 73.6 Å². The fourth-order valence-electron chi connectivity index (χ4n) is 3.44. The Bertz CT molecular complexity index is 1220. The molecule has 0 aliphatic heterocycles. The number of rotatable bonds is 5. The maximum absolute atomic E-state index is 12.9. The molecule has 3 aromatic carbocycles. The van der Waals surface area contributed by atoms with Crippen LogP contribution < -0.4 is 14.8 Å². The van der Waals surface area contributed by atoms with Crippen molar-refractivity contribution in [2.45, 2.75) is 13.8 Å². The van der Waals surface area contributed by atoms with E-state index in [1.54, 1.807) is 36.4 Å². The summed E-state index contributed by atoms with van der Waals surface area (Å²) in [5, 5.41) is 2.89. The fraction of sp³-hybridized carbons (Fsp3) is 0.167. The highest BCUT2D eigenvalue weighted by Gasteiger charge is 2.19. The lowest BCUT2D eigenvalue weighted by molar-refractivity contribution is 0.102. The number of methoxy groups -OCH3 is 2. The molecule has 0 aliphatic carbocycles. The van der Waals surface area contributed by atoms with Crippen molar-refractivity contribution in [3.05, 3.63) is 71.3 Å². The van der Waals surface area contributed by atoms with E-state index in [0.717, 1.165) is 11.1 Å². The van der Waals surface area contributed by atoms with Crippen LogP contribution in [0.5, 0.6) is 11.5 Å². The van der Waals surface area contributed by atoms with E-state index in [1.807, 2.05) is 19.1 Å². The highest BCUT2D eigenvalue weighted by Crippen LogP contribution is 2.31. The summed E-state index contributed by atoms with van der Waals surface area (Å²) >= 11 is 0. The van der Waals surface area contributed by atoms with Crippen molar-refractivity contribution in [3.63, 3.8) is 0 Å². The second-order valence-corrected chi connectivity index (χ2v) is 7.01. The van der Waals surface area contributed by atoms with Crippen LogP contribution in [0, 0.1) is 13.8 Å². The van der Waals surface area contributed by atoms with Gasteiger partial charge >= 0.3 is 0 Å². The lowest BCUT2D eigenvalue weighted by Crippen LogP contribution is -2.14. The Kier molecular flexibility index (Phi) is 5.14. The summed E-state index contributed by atoms with van der Waals surface area (Å²) < 4.78 is 16.6. The first-order valence-corrected chi connectivity index (χ1v) is 9.50. The van der Waals surface area contributed by atoms with Crippen molar-refractivity contribution in [3.8, 4) is 23.0 Å². The molecule has 0 saturated heterocycles. The molecular formula is C24H22N2O4. The molecule has 4 rings (SSSR count). The number of nitrogens with one attached hydrogen (secondary N) is 1. The summed E-state index contributed by atoms with van der Waals surface area (Å²) in [6.45, 7) is 4.08. The zero-order chi connectivity index (χ0) is 21.3. The molecule has 1 amide bonds. The predicted octanol–water partition coefficient (Wildman–Crippen LogP) is 5.38. The molecule has 1 heterocycles. The highest BCUT2D eigenvalue weighted by molar-refractivity contribution is 6.08. The highest BCUT2D eigenvalue weighted by atomic mass is 16.5. The lowest BCUT2D eigenvalue weighted by atomic mass is 10.1. The molecule has 152 valence electrons. The van der Waals surface area contributed by atoms with Gasteiger partial charge in [0.05, 0.1) is 14.2 Å². The summed E-state index contributed by atoms with van der Waals surface area (Å²) in [5.41, 5.74) is 5.47. The number of nitrogens with zero attached hydrogens (tertiary/aromatic N) is 1. The van der Waals surface area contributed by atoms with Crippen LogP contribution in [0.2, 0.25) is 0 Å². The van der Waals surface area contributed by atoms with Crippen molar-refractivity contribution in [2.24, 2.45) is 0 Å². The van der Waals surface area contributed by atoms with Crippen LogP contribution in [0.4, 0.5) is 5.69 Å². The monoisotopic (exact) mass is 402 g/mol. The van der Waals surface area contributed by atoms with E-state index in [9.17, 15) is 4.79 Å².